The van der Waals surface area contributed by atoms with E-state index >= 15 is 0 Å². The van der Waals surface area contributed by atoms with E-state index in [0.717, 1.165) is 61.8 Å². The van der Waals surface area contributed by atoms with Gasteiger partial charge in [0.25, 0.3) is 5.56 Å². The molecule has 2 amide bonds. The number of likely N-dealkylation sites (tertiary alicyclic amines) is 1. The second kappa shape index (κ2) is 9.78. The lowest BCUT2D eigenvalue weighted by atomic mass is 9.87. The number of fused-ring (bicyclic) bond motifs is 3. The molecule has 4 atom stereocenters. The maximum absolute atomic E-state index is 14.0. The summed E-state index contributed by atoms with van der Waals surface area (Å²) in [5.41, 5.74) is 2.65. The predicted octanol–water partition coefficient (Wildman–Crippen LogP) is 2.39. The van der Waals surface area contributed by atoms with Gasteiger partial charge in [0.1, 0.15) is 6.04 Å². The Bertz CT molecular complexity index is 1120. The fraction of sp³-hybridized carbons (Fsp3) is 0.679. The molecule has 1 aromatic rings. The number of pyridine rings is 1. The molecule has 1 aromatic heterocycles. The van der Waals surface area contributed by atoms with Gasteiger partial charge < -0.3 is 24.6 Å². The minimum absolute atomic E-state index is 0.0133. The van der Waals surface area contributed by atoms with E-state index < -0.39 is 12.0 Å². The number of carbonyl (C=O) groups excluding carboxylic acids is 2. The molecule has 4 heterocycles. The molecule has 36 heavy (non-hydrogen) atoms. The number of rotatable bonds is 5. The smallest absolute Gasteiger partial charge is 0.258 e. The van der Waals surface area contributed by atoms with Gasteiger partial charge in [-0.3, -0.25) is 14.4 Å². The number of nitrogens with zero attached hydrogens (tertiary/aromatic N) is 2. The van der Waals surface area contributed by atoms with Crippen LogP contribution in [0, 0.1) is 17.8 Å². The zero-order valence-corrected chi connectivity index (χ0v) is 20.9. The average molecular weight is 496 g/mol. The van der Waals surface area contributed by atoms with Gasteiger partial charge in [0.15, 0.2) is 0 Å². The van der Waals surface area contributed by atoms with Gasteiger partial charge in [-0.2, -0.15) is 0 Å². The van der Waals surface area contributed by atoms with Crippen LogP contribution < -0.4 is 10.9 Å². The van der Waals surface area contributed by atoms with Crippen molar-refractivity contribution in [2.24, 2.45) is 17.8 Å². The number of aliphatic hydroxyl groups excluding tert-OH is 1. The molecule has 3 fully saturated rings. The highest BCUT2D eigenvalue weighted by Gasteiger charge is 2.58. The number of aromatic nitrogens is 1. The largest absolute Gasteiger partial charge is 0.396 e. The van der Waals surface area contributed by atoms with Gasteiger partial charge in [0, 0.05) is 61.4 Å². The quantitative estimate of drug-likeness (QED) is 0.653. The van der Waals surface area contributed by atoms with Crippen molar-refractivity contribution in [3.05, 3.63) is 39.8 Å². The van der Waals surface area contributed by atoms with Gasteiger partial charge in [0.05, 0.1) is 6.04 Å². The summed E-state index contributed by atoms with van der Waals surface area (Å²) in [6.45, 7) is 1.31. The van der Waals surface area contributed by atoms with Crippen LogP contribution in [0.15, 0.2) is 23.0 Å². The van der Waals surface area contributed by atoms with E-state index in [0.29, 0.717) is 32.6 Å². The fourth-order valence-corrected chi connectivity index (χ4v) is 7.05. The van der Waals surface area contributed by atoms with Crippen molar-refractivity contribution in [1.29, 1.82) is 0 Å². The summed E-state index contributed by atoms with van der Waals surface area (Å²) in [6, 6.07) is 2.96. The SMILES string of the molecule is O=C(NC1CCC1)[C@H]1[C@H](CO)[C@H]2Cn3c(ccc(C4=CCCCC4)c3=O)[C@H]2N1C(=O)C1CCOCC1. The van der Waals surface area contributed by atoms with Crippen LogP contribution in [-0.2, 0) is 20.9 Å². The minimum Gasteiger partial charge on any atom is -0.396 e. The van der Waals surface area contributed by atoms with Gasteiger partial charge in [-0.15, -0.1) is 0 Å². The van der Waals surface area contributed by atoms with Crippen LogP contribution in [0.4, 0.5) is 0 Å². The number of amides is 2. The van der Waals surface area contributed by atoms with E-state index in [1.54, 1.807) is 4.90 Å². The van der Waals surface area contributed by atoms with Gasteiger partial charge in [-0.1, -0.05) is 6.08 Å². The number of hydrogen-bond donors (Lipinski definition) is 2. The number of nitrogens with one attached hydrogen (secondary N) is 1. The maximum atomic E-state index is 14.0. The highest BCUT2D eigenvalue weighted by Crippen LogP contribution is 2.50. The molecule has 8 nitrogen and oxygen atoms in total. The lowest BCUT2D eigenvalue weighted by Gasteiger charge is -2.36. The number of hydrogen-bond acceptors (Lipinski definition) is 5. The second-order valence-electron chi connectivity index (χ2n) is 11.2. The first-order valence-corrected chi connectivity index (χ1v) is 13.8. The normalized spacial score (nSPS) is 30.4. The first-order valence-electron chi connectivity index (χ1n) is 13.8. The van der Waals surface area contributed by atoms with Crippen molar-refractivity contribution >= 4 is 17.4 Å². The van der Waals surface area contributed by atoms with Crippen LogP contribution in [0.25, 0.3) is 5.57 Å². The summed E-state index contributed by atoms with van der Waals surface area (Å²) in [5.74, 6) is -0.984. The van der Waals surface area contributed by atoms with Crippen LogP contribution in [0.5, 0.6) is 0 Å². The van der Waals surface area contributed by atoms with Crippen molar-refractivity contribution in [3.8, 4) is 0 Å². The summed E-state index contributed by atoms with van der Waals surface area (Å²) in [4.78, 5) is 43.0. The summed E-state index contributed by atoms with van der Waals surface area (Å²) < 4.78 is 7.31. The van der Waals surface area contributed by atoms with Crippen LogP contribution in [0.3, 0.4) is 0 Å². The molecule has 0 aromatic carbocycles. The minimum atomic E-state index is -0.717. The Labute approximate surface area is 211 Å². The van der Waals surface area contributed by atoms with Crippen LogP contribution in [-0.4, -0.2) is 58.3 Å². The molecule has 8 heteroatoms. The van der Waals surface area contributed by atoms with Crippen molar-refractivity contribution < 1.29 is 19.4 Å². The van der Waals surface area contributed by atoms with Crippen LogP contribution >= 0.6 is 0 Å². The molecule has 6 rings (SSSR count). The van der Waals surface area contributed by atoms with Crippen molar-refractivity contribution in [2.45, 2.75) is 82.5 Å². The Morgan fingerprint density at radius 1 is 1.08 bits per heavy atom. The van der Waals surface area contributed by atoms with Gasteiger partial charge in [-0.25, -0.2) is 0 Å². The highest BCUT2D eigenvalue weighted by molar-refractivity contribution is 5.90. The molecule has 2 aliphatic carbocycles. The Kier molecular flexibility index (Phi) is 6.50. The van der Waals surface area contributed by atoms with E-state index in [1.165, 1.54) is 0 Å². The van der Waals surface area contributed by atoms with Crippen LogP contribution in [0.2, 0.25) is 0 Å². The second-order valence-corrected chi connectivity index (χ2v) is 11.2. The maximum Gasteiger partial charge on any atom is 0.258 e. The first-order chi connectivity index (χ1) is 17.6. The molecule has 2 N–H and O–H groups in total. The van der Waals surface area contributed by atoms with Gasteiger partial charge >= 0.3 is 0 Å². The number of ether oxygens (including phenoxy) is 1. The van der Waals surface area contributed by atoms with Crippen LogP contribution in [0.1, 0.15) is 75.1 Å². The number of carbonyl (C=O) groups is 2. The lowest BCUT2D eigenvalue weighted by molar-refractivity contribution is -0.147. The third-order valence-electron chi connectivity index (χ3n) is 9.26. The summed E-state index contributed by atoms with van der Waals surface area (Å²) in [5, 5.41) is 13.7. The number of allylic oxidation sites excluding steroid dienone is 2. The topological polar surface area (TPSA) is 101 Å². The van der Waals surface area contributed by atoms with E-state index in [1.807, 2.05) is 16.7 Å². The average Bonchev–Trinajstić information content (AvgIpc) is 3.42. The van der Waals surface area contributed by atoms with Crippen molar-refractivity contribution in [1.82, 2.24) is 14.8 Å². The Morgan fingerprint density at radius 2 is 1.89 bits per heavy atom. The molecule has 3 aliphatic heterocycles. The van der Waals surface area contributed by atoms with E-state index in [4.69, 9.17) is 4.74 Å². The third kappa shape index (κ3) is 3.93. The molecular formula is C28H37N3O5. The Balaban J connectivity index is 1.39. The molecule has 0 spiro atoms. The summed E-state index contributed by atoms with van der Waals surface area (Å²) in [7, 11) is 0. The van der Waals surface area contributed by atoms with E-state index in [9.17, 15) is 19.5 Å². The molecule has 2 saturated heterocycles. The van der Waals surface area contributed by atoms with Gasteiger partial charge in [-0.05, 0) is 75.5 Å². The Morgan fingerprint density at radius 3 is 2.56 bits per heavy atom. The van der Waals surface area contributed by atoms with Gasteiger partial charge in [0.2, 0.25) is 11.8 Å². The van der Waals surface area contributed by atoms with E-state index in [-0.39, 0.29) is 47.9 Å². The van der Waals surface area contributed by atoms with Crippen molar-refractivity contribution in [2.75, 3.05) is 19.8 Å². The predicted molar refractivity (Wildman–Crippen MR) is 134 cm³/mol. The molecule has 194 valence electrons. The molecule has 0 unspecified atom stereocenters. The molecular weight excluding hydrogens is 458 g/mol. The fourth-order valence-electron chi connectivity index (χ4n) is 7.05. The lowest BCUT2D eigenvalue weighted by Crippen LogP contribution is -2.55. The molecule has 1 saturated carbocycles. The monoisotopic (exact) mass is 495 g/mol. The first kappa shape index (κ1) is 23.9. The summed E-state index contributed by atoms with van der Waals surface area (Å²) in [6.07, 6.45) is 10.6. The van der Waals surface area contributed by atoms with E-state index in [2.05, 4.69) is 11.4 Å². The molecule has 5 aliphatic rings. The molecule has 0 bridgehead atoms. The van der Waals surface area contributed by atoms with Crippen molar-refractivity contribution in [3.63, 3.8) is 0 Å². The number of aliphatic hydroxyl groups is 1. The Hall–Kier alpha value is -2.45. The summed E-state index contributed by atoms with van der Waals surface area (Å²) >= 11 is 0. The zero-order valence-electron chi connectivity index (χ0n) is 20.9. The molecule has 0 radical (unpaired) electrons. The highest BCUT2D eigenvalue weighted by atomic mass is 16.5. The zero-order chi connectivity index (χ0) is 24.8. The standard InChI is InChI=1S/C28H37N3O5/c32-16-22-21-15-30-23(10-9-20(28(30)35)17-5-2-1-3-6-17)24(21)31(27(34)18-11-13-36-14-12-18)25(22)26(33)29-19-7-4-8-19/h5,9-10,18-19,21-22,24-25,32H,1-4,6-8,11-16H2,(H,29,33)/t21-,22-,24+,25-/m1/s1. The third-order valence-corrected chi connectivity index (χ3v) is 9.26.